The van der Waals surface area contributed by atoms with Crippen LogP contribution in [0.1, 0.15) is 57.4 Å². The zero-order valence-electron chi connectivity index (χ0n) is 12.5. The van der Waals surface area contributed by atoms with E-state index in [4.69, 9.17) is 4.74 Å². The van der Waals surface area contributed by atoms with Gasteiger partial charge in [0.05, 0.1) is 5.92 Å². The molecule has 0 heterocycles. The first kappa shape index (κ1) is 13.7. The number of fused-ring (bicyclic) bond motifs is 2. The molecule has 3 rings (SSSR count). The van der Waals surface area contributed by atoms with Gasteiger partial charge in [-0.25, -0.2) is 0 Å². The Hall–Kier alpha value is -1.31. The van der Waals surface area contributed by atoms with Gasteiger partial charge in [0.15, 0.2) is 0 Å². The van der Waals surface area contributed by atoms with Crippen molar-refractivity contribution >= 4 is 5.97 Å². The highest BCUT2D eigenvalue weighted by Gasteiger charge is 2.44. The second-order valence-corrected chi connectivity index (χ2v) is 6.58. The standard InChI is InChI=1S/C18H24O2/c1-3-12(2)14-6-8-16(9-7-14)20-18(19)17-11-13-4-5-15(17)10-13/h6-9,12-13,15,17H,3-5,10-11H2,1-2H3. The van der Waals surface area contributed by atoms with E-state index < -0.39 is 0 Å². The van der Waals surface area contributed by atoms with Crippen molar-refractivity contribution in [1.82, 2.24) is 0 Å². The van der Waals surface area contributed by atoms with E-state index in [0.29, 0.717) is 17.6 Å². The Kier molecular flexibility index (Phi) is 3.82. The van der Waals surface area contributed by atoms with Gasteiger partial charge in [-0.1, -0.05) is 32.4 Å². The number of carbonyl (C=O) groups is 1. The van der Waals surface area contributed by atoms with Gasteiger partial charge in [-0.3, -0.25) is 4.79 Å². The quantitative estimate of drug-likeness (QED) is 0.594. The molecule has 0 amide bonds. The molecule has 2 aliphatic rings. The lowest BCUT2D eigenvalue weighted by atomic mass is 9.89. The van der Waals surface area contributed by atoms with Crippen molar-refractivity contribution in [2.75, 3.05) is 0 Å². The SMILES string of the molecule is CCC(C)c1ccc(OC(=O)C2CC3CCC2C3)cc1. The van der Waals surface area contributed by atoms with Gasteiger partial charge in [0.2, 0.25) is 0 Å². The Labute approximate surface area is 121 Å². The smallest absolute Gasteiger partial charge is 0.314 e. The van der Waals surface area contributed by atoms with Gasteiger partial charge >= 0.3 is 5.97 Å². The number of rotatable bonds is 4. The van der Waals surface area contributed by atoms with Crippen molar-refractivity contribution in [2.45, 2.75) is 51.9 Å². The summed E-state index contributed by atoms with van der Waals surface area (Å²) < 4.78 is 5.58. The molecule has 0 radical (unpaired) electrons. The average molecular weight is 272 g/mol. The number of carbonyl (C=O) groups excluding carboxylic acids is 1. The highest BCUT2D eigenvalue weighted by molar-refractivity contribution is 5.76. The molecule has 0 spiro atoms. The highest BCUT2D eigenvalue weighted by atomic mass is 16.5. The molecule has 20 heavy (non-hydrogen) atoms. The first-order chi connectivity index (χ1) is 9.67. The van der Waals surface area contributed by atoms with Crippen LogP contribution < -0.4 is 4.74 Å². The Balaban J connectivity index is 1.61. The largest absolute Gasteiger partial charge is 0.426 e. The summed E-state index contributed by atoms with van der Waals surface area (Å²) in [6, 6.07) is 8.04. The summed E-state index contributed by atoms with van der Waals surface area (Å²) in [5, 5.41) is 0. The molecule has 4 atom stereocenters. The molecular formula is C18H24O2. The Morgan fingerprint density at radius 2 is 2.00 bits per heavy atom. The van der Waals surface area contributed by atoms with Gasteiger partial charge in [0.1, 0.15) is 5.75 Å². The zero-order valence-corrected chi connectivity index (χ0v) is 12.5. The molecule has 2 nitrogen and oxygen atoms in total. The maximum atomic E-state index is 12.3. The molecule has 0 aromatic heterocycles. The summed E-state index contributed by atoms with van der Waals surface area (Å²) in [4.78, 5) is 12.3. The Bertz CT molecular complexity index is 477. The number of benzene rings is 1. The number of esters is 1. The van der Waals surface area contributed by atoms with Crippen LogP contribution in [0, 0.1) is 17.8 Å². The van der Waals surface area contributed by atoms with Gasteiger partial charge in [-0.05, 0) is 61.1 Å². The second-order valence-electron chi connectivity index (χ2n) is 6.58. The van der Waals surface area contributed by atoms with Crippen LogP contribution in [0.4, 0.5) is 0 Å². The molecule has 2 heteroatoms. The van der Waals surface area contributed by atoms with E-state index in [2.05, 4.69) is 26.0 Å². The van der Waals surface area contributed by atoms with E-state index in [9.17, 15) is 4.79 Å². The molecule has 1 aromatic carbocycles. The Morgan fingerprint density at radius 1 is 1.25 bits per heavy atom. The highest BCUT2D eigenvalue weighted by Crippen LogP contribution is 2.48. The summed E-state index contributed by atoms with van der Waals surface area (Å²) in [7, 11) is 0. The van der Waals surface area contributed by atoms with Gasteiger partial charge < -0.3 is 4.74 Å². The molecule has 2 bridgehead atoms. The topological polar surface area (TPSA) is 26.3 Å². The average Bonchev–Trinajstić information content (AvgIpc) is 3.10. The second kappa shape index (κ2) is 5.59. The van der Waals surface area contributed by atoms with Crippen LogP contribution >= 0.6 is 0 Å². The normalized spacial score (nSPS) is 29.4. The molecule has 4 unspecified atom stereocenters. The lowest BCUT2D eigenvalue weighted by Gasteiger charge is -2.20. The first-order valence-corrected chi connectivity index (χ1v) is 7.99. The fraction of sp³-hybridized carbons (Fsp3) is 0.611. The van der Waals surface area contributed by atoms with Crippen molar-refractivity contribution in [3.8, 4) is 5.75 Å². The van der Waals surface area contributed by atoms with Gasteiger partial charge in [0, 0.05) is 0 Å². The van der Waals surface area contributed by atoms with Crippen molar-refractivity contribution in [3.05, 3.63) is 29.8 Å². The number of hydrogen-bond donors (Lipinski definition) is 0. The van der Waals surface area contributed by atoms with Crippen LogP contribution in [0.5, 0.6) is 5.75 Å². The summed E-state index contributed by atoms with van der Waals surface area (Å²) in [5.74, 6) is 2.78. The number of hydrogen-bond acceptors (Lipinski definition) is 2. The molecule has 0 aliphatic heterocycles. The van der Waals surface area contributed by atoms with Gasteiger partial charge in [-0.2, -0.15) is 0 Å². The van der Waals surface area contributed by atoms with Crippen molar-refractivity contribution < 1.29 is 9.53 Å². The van der Waals surface area contributed by atoms with E-state index in [0.717, 1.165) is 18.8 Å². The number of ether oxygens (including phenoxy) is 1. The lowest BCUT2D eigenvalue weighted by molar-refractivity contribution is -0.140. The third kappa shape index (κ3) is 2.61. The molecular weight excluding hydrogens is 248 g/mol. The summed E-state index contributed by atoms with van der Waals surface area (Å²) in [6.07, 6.45) is 5.96. The predicted molar refractivity (Wildman–Crippen MR) is 79.7 cm³/mol. The van der Waals surface area contributed by atoms with E-state index in [-0.39, 0.29) is 11.9 Å². The molecule has 1 aromatic rings. The molecule has 0 saturated heterocycles. The maximum absolute atomic E-state index is 12.3. The minimum Gasteiger partial charge on any atom is -0.426 e. The van der Waals surface area contributed by atoms with Gasteiger partial charge in [0.25, 0.3) is 0 Å². The first-order valence-electron chi connectivity index (χ1n) is 7.99. The maximum Gasteiger partial charge on any atom is 0.314 e. The monoisotopic (exact) mass is 272 g/mol. The molecule has 108 valence electrons. The van der Waals surface area contributed by atoms with E-state index in [1.807, 2.05) is 12.1 Å². The van der Waals surface area contributed by atoms with Crippen LogP contribution in [-0.4, -0.2) is 5.97 Å². The van der Waals surface area contributed by atoms with Crippen molar-refractivity contribution in [2.24, 2.45) is 17.8 Å². The summed E-state index contributed by atoms with van der Waals surface area (Å²) in [5.41, 5.74) is 1.31. The van der Waals surface area contributed by atoms with Crippen LogP contribution in [0.25, 0.3) is 0 Å². The third-order valence-electron chi connectivity index (χ3n) is 5.32. The fourth-order valence-electron chi connectivity index (χ4n) is 3.83. The van der Waals surface area contributed by atoms with E-state index >= 15 is 0 Å². The van der Waals surface area contributed by atoms with Gasteiger partial charge in [-0.15, -0.1) is 0 Å². The van der Waals surface area contributed by atoms with Crippen molar-refractivity contribution in [1.29, 1.82) is 0 Å². The molecule has 2 saturated carbocycles. The third-order valence-corrected chi connectivity index (χ3v) is 5.32. The molecule has 2 aliphatic carbocycles. The summed E-state index contributed by atoms with van der Waals surface area (Å²) in [6.45, 7) is 4.41. The van der Waals surface area contributed by atoms with Crippen LogP contribution in [-0.2, 0) is 4.79 Å². The molecule has 0 N–H and O–H groups in total. The Morgan fingerprint density at radius 3 is 2.55 bits per heavy atom. The lowest BCUT2D eigenvalue weighted by Crippen LogP contribution is -2.25. The van der Waals surface area contributed by atoms with Crippen LogP contribution in [0.3, 0.4) is 0 Å². The van der Waals surface area contributed by atoms with Crippen LogP contribution in [0.15, 0.2) is 24.3 Å². The summed E-state index contributed by atoms with van der Waals surface area (Å²) >= 11 is 0. The van der Waals surface area contributed by atoms with E-state index in [1.165, 1.54) is 24.8 Å². The minimum atomic E-state index is -0.00603. The minimum absolute atomic E-state index is 0.00603. The predicted octanol–water partition coefficient (Wildman–Crippen LogP) is 4.54. The molecule has 2 fully saturated rings. The zero-order chi connectivity index (χ0) is 14.1. The fourth-order valence-corrected chi connectivity index (χ4v) is 3.83. The van der Waals surface area contributed by atoms with E-state index in [1.54, 1.807) is 0 Å². The van der Waals surface area contributed by atoms with Crippen LogP contribution in [0.2, 0.25) is 0 Å². The van der Waals surface area contributed by atoms with Crippen molar-refractivity contribution in [3.63, 3.8) is 0 Å².